The molecule has 0 radical (unpaired) electrons. The van der Waals surface area contributed by atoms with E-state index in [1.165, 1.54) is 17.8 Å². The van der Waals surface area contributed by atoms with E-state index < -0.39 is 4.92 Å². The Labute approximate surface area is 130 Å². The summed E-state index contributed by atoms with van der Waals surface area (Å²) in [5.41, 5.74) is 0.652. The van der Waals surface area contributed by atoms with Crippen molar-refractivity contribution in [2.24, 2.45) is 4.99 Å². The Morgan fingerprint density at radius 3 is 3.00 bits per heavy atom. The smallest absolute Gasteiger partial charge is 0.346 e. The molecular formula is C14H13N3O4S. The van der Waals surface area contributed by atoms with Crippen molar-refractivity contribution in [2.45, 2.75) is 13.0 Å². The number of hydrogen-bond donors (Lipinski definition) is 0. The van der Waals surface area contributed by atoms with Gasteiger partial charge in [-0.1, -0.05) is 12.1 Å². The van der Waals surface area contributed by atoms with Crippen LogP contribution in [0.1, 0.15) is 18.5 Å². The van der Waals surface area contributed by atoms with Crippen molar-refractivity contribution >= 4 is 28.6 Å². The molecule has 0 aliphatic carbocycles. The van der Waals surface area contributed by atoms with Gasteiger partial charge < -0.3 is 9.64 Å². The normalized spacial score (nSPS) is 19.5. The Kier molecular flexibility index (Phi) is 3.84. The van der Waals surface area contributed by atoms with E-state index in [0.29, 0.717) is 28.8 Å². The van der Waals surface area contributed by atoms with E-state index >= 15 is 0 Å². The molecule has 8 heteroatoms. The van der Waals surface area contributed by atoms with Crippen LogP contribution in [0.4, 0.5) is 5.69 Å². The van der Waals surface area contributed by atoms with E-state index in [4.69, 9.17) is 4.74 Å². The van der Waals surface area contributed by atoms with Gasteiger partial charge in [-0.25, -0.2) is 4.79 Å². The van der Waals surface area contributed by atoms with Gasteiger partial charge in [0.2, 0.25) is 0 Å². The van der Waals surface area contributed by atoms with Crippen LogP contribution < -0.4 is 0 Å². The molecule has 0 N–H and O–H groups in total. The molecule has 0 bridgehead atoms. The van der Waals surface area contributed by atoms with Crippen molar-refractivity contribution in [2.75, 3.05) is 13.2 Å². The van der Waals surface area contributed by atoms with Crippen LogP contribution in [0.5, 0.6) is 0 Å². The van der Waals surface area contributed by atoms with Crippen molar-refractivity contribution in [3.05, 3.63) is 51.0 Å². The number of benzene rings is 1. The fraction of sp³-hybridized carbons (Fsp3) is 0.286. The lowest BCUT2D eigenvalue weighted by Crippen LogP contribution is -2.16. The fourth-order valence-electron chi connectivity index (χ4n) is 2.37. The van der Waals surface area contributed by atoms with E-state index in [9.17, 15) is 14.9 Å². The minimum absolute atomic E-state index is 0.0672. The number of esters is 1. The number of para-hydroxylation sites is 1. The Morgan fingerprint density at radius 2 is 2.32 bits per heavy atom. The Bertz CT molecular complexity index is 701. The molecule has 1 aromatic carbocycles. The molecule has 0 spiro atoms. The van der Waals surface area contributed by atoms with E-state index in [1.807, 2.05) is 4.90 Å². The number of fused-ring (bicyclic) bond motifs is 1. The van der Waals surface area contributed by atoms with Crippen molar-refractivity contribution < 1.29 is 14.5 Å². The van der Waals surface area contributed by atoms with Crippen molar-refractivity contribution in [1.82, 2.24) is 4.90 Å². The third-order valence-electron chi connectivity index (χ3n) is 3.33. The molecule has 22 heavy (non-hydrogen) atoms. The van der Waals surface area contributed by atoms with Gasteiger partial charge in [0.1, 0.15) is 10.9 Å². The molecule has 1 aromatic rings. The second kappa shape index (κ2) is 5.80. The maximum atomic E-state index is 11.7. The van der Waals surface area contributed by atoms with Gasteiger partial charge in [0.25, 0.3) is 5.69 Å². The van der Waals surface area contributed by atoms with Crippen LogP contribution in [0.15, 0.2) is 40.4 Å². The predicted molar refractivity (Wildman–Crippen MR) is 82.3 cm³/mol. The molecule has 0 fully saturated rings. The third-order valence-corrected chi connectivity index (χ3v) is 4.34. The molecule has 7 nitrogen and oxygen atoms in total. The summed E-state index contributed by atoms with van der Waals surface area (Å²) in [7, 11) is 0. The summed E-state index contributed by atoms with van der Waals surface area (Å²) in [5, 5.41) is 11.8. The number of ether oxygens (including phenoxy) is 1. The first-order chi connectivity index (χ1) is 10.6. The van der Waals surface area contributed by atoms with Crippen LogP contribution in [-0.2, 0) is 9.53 Å². The number of nitro groups is 1. The van der Waals surface area contributed by atoms with Gasteiger partial charge in [0.05, 0.1) is 23.6 Å². The van der Waals surface area contributed by atoms with Crippen LogP contribution in [0.2, 0.25) is 0 Å². The number of nitro benzene ring substituents is 1. The average Bonchev–Trinajstić information content (AvgIpc) is 3.06. The molecule has 2 aliphatic heterocycles. The molecule has 114 valence electrons. The number of rotatable bonds is 4. The molecule has 0 amide bonds. The van der Waals surface area contributed by atoms with Gasteiger partial charge in [-0.3, -0.25) is 15.1 Å². The SMILES string of the molecule is CCOC(=O)C1=CN2CC(c3ccccc3[N+](=O)[O-])N=C2S1. The number of thioether (sulfide) groups is 1. The second-order valence-electron chi connectivity index (χ2n) is 4.71. The molecule has 1 atom stereocenters. The third kappa shape index (κ3) is 2.57. The van der Waals surface area contributed by atoms with Crippen LogP contribution in [0.25, 0.3) is 0 Å². The van der Waals surface area contributed by atoms with Crippen molar-refractivity contribution in [3.63, 3.8) is 0 Å². The number of amidine groups is 1. The number of carbonyl (C=O) groups excluding carboxylic acids is 1. The summed E-state index contributed by atoms with van der Waals surface area (Å²) in [6.45, 7) is 2.55. The van der Waals surface area contributed by atoms with Crippen LogP contribution in [-0.4, -0.2) is 34.1 Å². The average molecular weight is 319 g/mol. The maximum Gasteiger partial charge on any atom is 0.346 e. The van der Waals surface area contributed by atoms with Gasteiger partial charge in [-0.2, -0.15) is 0 Å². The van der Waals surface area contributed by atoms with Gasteiger partial charge in [0.15, 0.2) is 5.17 Å². The topological polar surface area (TPSA) is 85.0 Å². The Morgan fingerprint density at radius 1 is 1.55 bits per heavy atom. The first-order valence-electron chi connectivity index (χ1n) is 6.74. The van der Waals surface area contributed by atoms with Crippen LogP contribution >= 0.6 is 11.8 Å². The number of carbonyl (C=O) groups is 1. The monoisotopic (exact) mass is 319 g/mol. The van der Waals surface area contributed by atoms with Gasteiger partial charge in [-0.15, -0.1) is 0 Å². The van der Waals surface area contributed by atoms with E-state index in [-0.39, 0.29) is 17.7 Å². The lowest BCUT2D eigenvalue weighted by molar-refractivity contribution is -0.385. The van der Waals surface area contributed by atoms with Gasteiger partial charge >= 0.3 is 5.97 Å². The first-order valence-corrected chi connectivity index (χ1v) is 7.56. The molecule has 0 aromatic heterocycles. The second-order valence-corrected chi connectivity index (χ2v) is 5.72. The minimum atomic E-state index is -0.397. The summed E-state index contributed by atoms with van der Waals surface area (Å²) in [4.78, 5) is 29.2. The van der Waals surface area contributed by atoms with E-state index in [2.05, 4.69) is 4.99 Å². The zero-order valence-electron chi connectivity index (χ0n) is 11.8. The Hall–Kier alpha value is -2.35. The quantitative estimate of drug-likeness (QED) is 0.481. The largest absolute Gasteiger partial charge is 0.462 e. The standard InChI is InChI=1S/C14H13N3O4S/c1-2-21-13(18)12-8-16-7-10(15-14(16)22-12)9-5-3-4-6-11(9)17(19)20/h3-6,8,10H,2,7H2,1H3. The zero-order chi connectivity index (χ0) is 15.7. The van der Waals surface area contributed by atoms with Gasteiger partial charge in [0, 0.05) is 12.3 Å². The summed E-state index contributed by atoms with van der Waals surface area (Å²) in [6, 6.07) is 6.29. The molecule has 3 rings (SSSR count). The summed E-state index contributed by atoms with van der Waals surface area (Å²) >= 11 is 1.23. The van der Waals surface area contributed by atoms with E-state index in [0.717, 1.165) is 0 Å². The van der Waals surface area contributed by atoms with Gasteiger partial charge in [-0.05, 0) is 24.8 Å². The van der Waals surface area contributed by atoms with Crippen LogP contribution in [0.3, 0.4) is 0 Å². The zero-order valence-corrected chi connectivity index (χ0v) is 12.6. The summed E-state index contributed by atoms with van der Waals surface area (Å²) < 4.78 is 4.95. The highest BCUT2D eigenvalue weighted by molar-refractivity contribution is 8.18. The number of hydrogen-bond acceptors (Lipinski definition) is 7. The highest BCUT2D eigenvalue weighted by atomic mass is 32.2. The summed E-state index contributed by atoms with van der Waals surface area (Å²) in [6.07, 6.45) is 1.69. The maximum absolute atomic E-state index is 11.7. The minimum Gasteiger partial charge on any atom is -0.462 e. The molecule has 0 saturated carbocycles. The lowest BCUT2D eigenvalue weighted by Gasteiger charge is -2.11. The van der Waals surface area contributed by atoms with E-state index in [1.54, 1.807) is 31.3 Å². The number of aliphatic imine (C=N–C) groups is 1. The highest BCUT2D eigenvalue weighted by Crippen LogP contribution is 2.39. The molecule has 1 unspecified atom stereocenters. The fourth-order valence-corrected chi connectivity index (χ4v) is 3.32. The van der Waals surface area contributed by atoms with Crippen molar-refractivity contribution in [3.8, 4) is 0 Å². The van der Waals surface area contributed by atoms with Crippen LogP contribution in [0, 0.1) is 10.1 Å². The number of nitrogens with zero attached hydrogens (tertiary/aromatic N) is 3. The molecular weight excluding hydrogens is 306 g/mol. The molecule has 2 heterocycles. The highest BCUT2D eigenvalue weighted by Gasteiger charge is 2.35. The van der Waals surface area contributed by atoms with Crippen molar-refractivity contribution in [1.29, 1.82) is 0 Å². The molecule has 2 aliphatic rings. The lowest BCUT2D eigenvalue weighted by atomic mass is 10.1. The predicted octanol–water partition coefficient (Wildman–Crippen LogP) is 2.46. The molecule has 0 saturated heterocycles. The Balaban J connectivity index is 1.79. The first kappa shape index (κ1) is 14.6. The summed E-state index contributed by atoms with van der Waals surface area (Å²) in [5.74, 6) is -0.369.